The molecule has 0 aliphatic carbocycles. The summed E-state index contributed by atoms with van der Waals surface area (Å²) in [5.41, 5.74) is 1.30. The highest BCUT2D eigenvalue weighted by Gasteiger charge is 2.16. The van der Waals surface area contributed by atoms with Gasteiger partial charge in [-0.25, -0.2) is 4.98 Å². The first-order chi connectivity index (χ1) is 14.1. The molecule has 0 radical (unpaired) electrons. The first-order valence-corrected chi connectivity index (χ1v) is 9.43. The second kappa shape index (κ2) is 8.14. The maximum absolute atomic E-state index is 12.2. The zero-order chi connectivity index (χ0) is 20.2. The van der Waals surface area contributed by atoms with Crippen molar-refractivity contribution >= 4 is 16.9 Å². The maximum atomic E-state index is 12.2. The molecule has 146 valence electrons. The summed E-state index contributed by atoms with van der Waals surface area (Å²) in [6, 6.07) is 20.6. The third-order valence-electron chi connectivity index (χ3n) is 4.62. The van der Waals surface area contributed by atoms with Crippen molar-refractivity contribution in [3.63, 3.8) is 0 Å². The SMILES string of the molecule is C[C@@H](OC(=O)CCc1ccc(-c2ccccc2)o1)c1nc2ccccc2c(=O)[nH]1. The number of H-pyrrole nitrogens is 1. The second-order valence-corrected chi connectivity index (χ2v) is 6.73. The molecule has 6 nitrogen and oxygen atoms in total. The number of carbonyl (C=O) groups is 1. The molecule has 4 aromatic rings. The molecular formula is C23H20N2O4. The molecule has 2 aromatic carbocycles. The normalized spacial score (nSPS) is 12.0. The van der Waals surface area contributed by atoms with E-state index in [9.17, 15) is 9.59 Å². The summed E-state index contributed by atoms with van der Waals surface area (Å²) in [4.78, 5) is 31.5. The van der Waals surface area contributed by atoms with Crippen molar-refractivity contribution in [1.29, 1.82) is 0 Å². The lowest BCUT2D eigenvalue weighted by Gasteiger charge is -2.12. The maximum Gasteiger partial charge on any atom is 0.306 e. The van der Waals surface area contributed by atoms with E-state index in [-0.39, 0.29) is 17.9 Å². The summed E-state index contributed by atoms with van der Waals surface area (Å²) in [6.07, 6.45) is -0.0551. The molecule has 0 saturated heterocycles. The van der Waals surface area contributed by atoms with E-state index >= 15 is 0 Å². The molecule has 4 rings (SSSR count). The first kappa shape index (κ1) is 18.7. The number of fused-ring (bicyclic) bond motifs is 1. The van der Waals surface area contributed by atoms with Gasteiger partial charge < -0.3 is 14.1 Å². The highest BCUT2D eigenvalue weighted by Crippen LogP contribution is 2.23. The van der Waals surface area contributed by atoms with Crippen LogP contribution in [0, 0.1) is 0 Å². The second-order valence-electron chi connectivity index (χ2n) is 6.73. The number of ether oxygens (including phenoxy) is 1. The van der Waals surface area contributed by atoms with E-state index in [1.807, 2.05) is 48.5 Å². The van der Waals surface area contributed by atoms with Crippen LogP contribution < -0.4 is 5.56 Å². The topological polar surface area (TPSA) is 85.2 Å². The summed E-state index contributed by atoms with van der Waals surface area (Å²) in [7, 11) is 0. The number of esters is 1. The number of rotatable bonds is 6. The van der Waals surface area contributed by atoms with Crippen LogP contribution in [0.5, 0.6) is 0 Å². The van der Waals surface area contributed by atoms with Crippen molar-refractivity contribution in [3.8, 4) is 11.3 Å². The Labute approximate surface area is 167 Å². The Hall–Kier alpha value is -3.67. The monoisotopic (exact) mass is 388 g/mol. The summed E-state index contributed by atoms with van der Waals surface area (Å²) < 4.78 is 11.2. The molecule has 0 unspecified atom stereocenters. The van der Waals surface area contributed by atoms with Crippen molar-refractivity contribution < 1.29 is 13.9 Å². The standard InChI is InChI=1S/C23H20N2O4/c1-15(22-24-19-10-6-5-9-18(19)23(27)25-22)28-21(26)14-12-17-11-13-20(29-17)16-7-3-2-4-8-16/h2-11,13,15H,12,14H2,1H3,(H,24,25,27)/t15-/m1/s1. The number of carbonyl (C=O) groups excluding carboxylic acids is 1. The molecule has 2 aromatic heterocycles. The molecule has 6 heteroatoms. The lowest BCUT2D eigenvalue weighted by atomic mass is 10.2. The van der Waals surface area contributed by atoms with Gasteiger partial charge in [-0.1, -0.05) is 42.5 Å². The van der Waals surface area contributed by atoms with Gasteiger partial charge >= 0.3 is 5.97 Å². The molecule has 0 spiro atoms. The highest BCUT2D eigenvalue weighted by molar-refractivity contribution is 5.77. The van der Waals surface area contributed by atoms with Crippen LogP contribution in [0.1, 0.15) is 31.0 Å². The molecule has 29 heavy (non-hydrogen) atoms. The number of para-hydroxylation sites is 1. The minimum Gasteiger partial charge on any atom is -0.461 e. The number of nitrogens with zero attached hydrogens (tertiary/aromatic N) is 1. The van der Waals surface area contributed by atoms with Crippen LogP contribution in [0.3, 0.4) is 0 Å². The lowest BCUT2D eigenvalue weighted by molar-refractivity contribution is -0.149. The largest absolute Gasteiger partial charge is 0.461 e. The summed E-state index contributed by atoms with van der Waals surface area (Å²) in [5, 5.41) is 0.502. The molecule has 1 N–H and O–H groups in total. The minimum absolute atomic E-state index is 0.171. The Kier molecular flexibility index (Phi) is 5.24. The smallest absolute Gasteiger partial charge is 0.306 e. The van der Waals surface area contributed by atoms with Gasteiger partial charge in [0.25, 0.3) is 5.56 Å². The molecule has 2 heterocycles. The highest BCUT2D eigenvalue weighted by atomic mass is 16.5. The van der Waals surface area contributed by atoms with Crippen molar-refractivity contribution in [2.24, 2.45) is 0 Å². The molecule has 0 fully saturated rings. The number of aryl methyl sites for hydroxylation is 1. The van der Waals surface area contributed by atoms with E-state index in [0.29, 0.717) is 28.9 Å². The molecule has 0 aliphatic rings. The van der Waals surface area contributed by atoms with Crippen LogP contribution in [0.2, 0.25) is 0 Å². The van der Waals surface area contributed by atoms with Gasteiger partial charge in [0.15, 0.2) is 11.9 Å². The predicted octanol–water partition coefficient (Wildman–Crippen LogP) is 4.42. The average molecular weight is 388 g/mol. The zero-order valence-corrected chi connectivity index (χ0v) is 15.9. The van der Waals surface area contributed by atoms with Gasteiger partial charge in [0.2, 0.25) is 0 Å². The third-order valence-corrected chi connectivity index (χ3v) is 4.62. The van der Waals surface area contributed by atoms with E-state index in [1.165, 1.54) is 0 Å². The minimum atomic E-state index is -0.656. The van der Waals surface area contributed by atoms with Gasteiger partial charge in [0, 0.05) is 12.0 Å². The van der Waals surface area contributed by atoms with E-state index in [2.05, 4.69) is 9.97 Å². The Morgan fingerprint density at radius 1 is 1.07 bits per heavy atom. The van der Waals surface area contributed by atoms with Gasteiger partial charge in [0.1, 0.15) is 11.5 Å². The Morgan fingerprint density at radius 2 is 1.83 bits per heavy atom. The van der Waals surface area contributed by atoms with Crippen molar-refractivity contribution in [3.05, 3.63) is 88.7 Å². The average Bonchev–Trinajstić information content (AvgIpc) is 3.22. The van der Waals surface area contributed by atoms with Gasteiger partial charge in [-0.05, 0) is 31.2 Å². The van der Waals surface area contributed by atoms with Gasteiger partial charge in [-0.15, -0.1) is 0 Å². The fourth-order valence-corrected chi connectivity index (χ4v) is 3.10. The van der Waals surface area contributed by atoms with Crippen LogP contribution in [0.25, 0.3) is 22.2 Å². The summed E-state index contributed by atoms with van der Waals surface area (Å²) in [6.45, 7) is 1.69. The number of hydrogen-bond acceptors (Lipinski definition) is 5. The van der Waals surface area contributed by atoms with Crippen LogP contribution in [-0.4, -0.2) is 15.9 Å². The molecule has 0 aliphatic heterocycles. The number of aromatic nitrogens is 2. The molecule has 1 atom stereocenters. The Bertz CT molecular complexity index is 1190. The first-order valence-electron chi connectivity index (χ1n) is 9.43. The van der Waals surface area contributed by atoms with Crippen LogP contribution >= 0.6 is 0 Å². The van der Waals surface area contributed by atoms with Gasteiger partial charge in [-0.3, -0.25) is 9.59 Å². The fourth-order valence-electron chi connectivity index (χ4n) is 3.10. The van der Waals surface area contributed by atoms with Crippen LogP contribution in [0.4, 0.5) is 0 Å². The van der Waals surface area contributed by atoms with E-state index < -0.39 is 6.10 Å². The van der Waals surface area contributed by atoms with Gasteiger partial charge in [-0.2, -0.15) is 0 Å². The summed E-state index contributed by atoms with van der Waals surface area (Å²) in [5.74, 6) is 1.42. The van der Waals surface area contributed by atoms with Crippen molar-refractivity contribution in [2.45, 2.75) is 25.9 Å². The Morgan fingerprint density at radius 3 is 2.66 bits per heavy atom. The quantitative estimate of drug-likeness (QED) is 0.494. The summed E-state index contributed by atoms with van der Waals surface area (Å²) >= 11 is 0. The molecule has 0 saturated carbocycles. The van der Waals surface area contributed by atoms with Crippen molar-refractivity contribution in [1.82, 2.24) is 9.97 Å². The van der Waals surface area contributed by atoms with Gasteiger partial charge in [0.05, 0.1) is 17.3 Å². The lowest BCUT2D eigenvalue weighted by Crippen LogP contribution is -2.17. The Balaban J connectivity index is 1.38. The zero-order valence-electron chi connectivity index (χ0n) is 15.9. The van der Waals surface area contributed by atoms with E-state index in [0.717, 1.165) is 11.3 Å². The number of benzene rings is 2. The number of furan rings is 1. The molecule has 0 amide bonds. The van der Waals surface area contributed by atoms with Crippen LogP contribution in [-0.2, 0) is 16.0 Å². The molecular weight excluding hydrogens is 368 g/mol. The van der Waals surface area contributed by atoms with Crippen LogP contribution in [0.15, 0.2) is 75.9 Å². The van der Waals surface area contributed by atoms with E-state index in [4.69, 9.17) is 9.15 Å². The molecule has 0 bridgehead atoms. The number of hydrogen-bond donors (Lipinski definition) is 1. The van der Waals surface area contributed by atoms with Crippen molar-refractivity contribution in [2.75, 3.05) is 0 Å². The van der Waals surface area contributed by atoms with E-state index in [1.54, 1.807) is 25.1 Å². The fraction of sp³-hybridized carbons (Fsp3) is 0.174. The number of aromatic amines is 1. The number of nitrogens with one attached hydrogen (secondary N) is 1. The third kappa shape index (κ3) is 4.27. The predicted molar refractivity (Wildman–Crippen MR) is 109 cm³/mol.